The predicted molar refractivity (Wildman–Crippen MR) is 129 cm³/mol. The Morgan fingerprint density at radius 3 is 2.41 bits per heavy atom. The minimum Gasteiger partial charge on any atom is -0.342 e. The van der Waals surface area contributed by atoms with Crippen molar-refractivity contribution in [1.82, 2.24) is 20.1 Å². The second kappa shape index (κ2) is 10.4. The van der Waals surface area contributed by atoms with E-state index in [1.54, 1.807) is 30.7 Å². The molecular formula is C22H23Cl2N5O2S. The van der Waals surface area contributed by atoms with Crippen LogP contribution in [0.4, 0.5) is 5.69 Å². The number of carbonyl (C=O) groups is 2. The number of carbonyl (C=O) groups excluding carboxylic acids is 2. The Balaban J connectivity index is 1.59. The van der Waals surface area contributed by atoms with Gasteiger partial charge < -0.3 is 15.2 Å². The van der Waals surface area contributed by atoms with Gasteiger partial charge in [-0.3, -0.25) is 9.59 Å². The molecule has 2 N–H and O–H groups in total. The predicted octanol–water partition coefficient (Wildman–Crippen LogP) is 4.96. The number of halogens is 2. The number of rotatable bonds is 7. The first-order valence-electron chi connectivity index (χ1n) is 9.80. The average molecular weight is 492 g/mol. The Hall–Kier alpha value is -2.55. The van der Waals surface area contributed by atoms with Crippen LogP contribution in [0.15, 0.2) is 41.6 Å². The minimum absolute atomic E-state index is 0.134. The zero-order valence-electron chi connectivity index (χ0n) is 18.1. The van der Waals surface area contributed by atoms with Gasteiger partial charge in [0.05, 0.1) is 21.8 Å². The lowest BCUT2D eigenvalue weighted by atomic mass is 10.1. The van der Waals surface area contributed by atoms with Crippen molar-refractivity contribution in [2.75, 3.05) is 11.1 Å². The molecule has 32 heavy (non-hydrogen) atoms. The number of thioether (sulfide) groups is 1. The fourth-order valence-corrected chi connectivity index (χ4v) is 4.20. The maximum Gasteiger partial charge on any atom is 0.251 e. The summed E-state index contributed by atoms with van der Waals surface area (Å²) < 4.78 is 1.76. The molecule has 7 nitrogen and oxygen atoms in total. The fourth-order valence-electron chi connectivity index (χ4n) is 3.18. The third kappa shape index (κ3) is 6.03. The van der Waals surface area contributed by atoms with Crippen LogP contribution >= 0.6 is 35.0 Å². The molecule has 3 aromatic rings. The van der Waals surface area contributed by atoms with Crippen LogP contribution in [0, 0.1) is 13.8 Å². The molecule has 2 amide bonds. The van der Waals surface area contributed by atoms with Crippen LogP contribution in [0.3, 0.4) is 0 Å². The molecule has 1 aromatic heterocycles. The van der Waals surface area contributed by atoms with Crippen molar-refractivity contribution in [3.63, 3.8) is 0 Å². The zero-order chi connectivity index (χ0) is 23.4. The summed E-state index contributed by atoms with van der Waals surface area (Å²) in [7, 11) is 1.79. The van der Waals surface area contributed by atoms with Gasteiger partial charge in [-0.05, 0) is 62.2 Å². The van der Waals surface area contributed by atoms with Gasteiger partial charge in [0.2, 0.25) is 5.91 Å². The van der Waals surface area contributed by atoms with E-state index in [1.165, 1.54) is 17.8 Å². The van der Waals surface area contributed by atoms with Crippen molar-refractivity contribution in [3.8, 4) is 0 Å². The van der Waals surface area contributed by atoms with Crippen LogP contribution in [0.25, 0.3) is 0 Å². The third-order valence-corrected chi connectivity index (χ3v) is 6.38. The van der Waals surface area contributed by atoms with Gasteiger partial charge in [0.15, 0.2) is 11.0 Å². The molecule has 0 fully saturated rings. The summed E-state index contributed by atoms with van der Waals surface area (Å²) in [5, 5.41) is 15.4. The SMILES string of the molecule is Cc1cc(C)cc(NC(=O)CSc2nnc([C@@H](C)NC(=O)c3ccc(Cl)c(Cl)c3)n2C)c1. The number of nitrogens with zero attached hydrogens (tertiary/aromatic N) is 3. The highest BCUT2D eigenvalue weighted by molar-refractivity contribution is 7.99. The number of anilines is 1. The number of hydrogen-bond donors (Lipinski definition) is 2. The summed E-state index contributed by atoms with van der Waals surface area (Å²) in [5.41, 5.74) is 3.34. The second-order valence-electron chi connectivity index (χ2n) is 7.44. The smallest absolute Gasteiger partial charge is 0.251 e. The molecular weight excluding hydrogens is 469 g/mol. The van der Waals surface area contributed by atoms with Crippen molar-refractivity contribution in [2.45, 2.75) is 32.0 Å². The zero-order valence-corrected chi connectivity index (χ0v) is 20.4. The molecule has 2 aromatic carbocycles. The molecule has 3 rings (SSSR count). The molecule has 0 radical (unpaired) electrons. The summed E-state index contributed by atoms with van der Waals surface area (Å²) in [6.45, 7) is 5.78. The highest BCUT2D eigenvalue weighted by atomic mass is 35.5. The molecule has 0 spiro atoms. The lowest BCUT2D eigenvalue weighted by Crippen LogP contribution is -2.28. The Morgan fingerprint density at radius 1 is 1.06 bits per heavy atom. The summed E-state index contributed by atoms with van der Waals surface area (Å²) >= 11 is 13.2. The molecule has 0 unspecified atom stereocenters. The third-order valence-electron chi connectivity index (χ3n) is 4.62. The molecule has 0 saturated carbocycles. The van der Waals surface area contributed by atoms with E-state index >= 15 is 0 Å². The van der Waals surface area contributed by atoms with E-state index < -0.39 is 6.04 Å². The maximum atomic E-state index is 12.5. The van der Waals surface area contributed by atoms with Crippen LogP contribution in [-0.4, -0.2) is 32.3 Å². The van der Waals surface area contributed by atoms with Gasteiger partial charge in [-0.25, -0.2) is 0 Å². The number of nitrogens with one attached hydrogen (secondary N) is 2. The Labute approximate surface area is 200 Å². The molecule has 0 saturated heterocycles. The Kier molecular flexibility index (Phi) is 7.82. The number of aromatic nitrogens is 3. The Morgan fingerprint density at radius 2 is 1.75 bits per heavy atom. The molecule has 168 valence electrons. The van der Waals surface area contributed by atoms with Gasteiger partial charge in [0.25, 0.3) is 5.91 Å². The van der Waals surface area contributed by atoms with Crippen LogP contribution in [0.1, 0.15) is 40.3 Å². The van der Waals surface area contributed by atoms with Crippen LogP contribution in [-0.2, 0) is 11.8 Å². The molecule has 1 heterocycles. The van der Waals surface area contributed by atoms with Gasteiger partial charge >= 0.3 is 0 Å². The van der Waals surface area contributed by atoms with E-state index in [0.29, 0.717) is 26.6 Å². The maximum absolute atomic E-state index is 12.5. The van der Waals surface area contributed by atoms with Crippen LogP contribution in [0.5, 0.6) is 0 Å². The van der Waals surface area contributed by atoms with Crippen molar-refractivity contribution < 1.29 is 9.59 Å². The number of aryl methyl sites for hydroxylation is 2. The number of amides is 2. The van der Waals surface area contributed by atoms with E-state index in [-0.39, 0.29) is 17.6 Å². The normalized spacial score (nSPS) is 11.8. The van der Waals surface area contributed by atoms with E-state index in [4.69, 9.17) is 23.2 Å². The lowest BCUT2D eigenvalue weighted by Gasteiger charge is -2.14. The minimum atomic E-state index is -0.409. The van der Waals surface area contributed by atoms with Crippen molar-refractivity contribution in [3.05, 3.63) is 69.0 Å². The summed E-state index contributed by atoms with van der Waals surface area (Å²) in [4.78, 5) is 24.9. The van der Waals surface area contributed by atoms with Crippen molar-refractivity contribution >= 4 is 52.5 Å². The summed E-state index contributed by atoms with van der Waals surface area (Å²) in [6.07, 6.45) is 0. The average Bonchev–Trinajstić information content (AvgIpc) is 3.08. The fraction of sp³-hybridized carbons (Fsp3) is 0.273. The van der Waals surface area contributed by atoms with E-state index in [2.05, 4.69) is 20.8 Å². The molecule has 0 aliphatic rings. The van der Waals surface area contributed by atoms with Gasteiger partial charge in [0, 0.05) is 18.3 Å². The summed E-state index contributed by atoms with van der Waals surface area (Å²) in [5.74, 6) is 0.311. The van der Waals surface area contributed by atoms with Crippen LogP contribution in [0.2, 0.25) is 10.0 Å². The van der Waals surface area contributed by atoms with Crippen LogP contribution < -0.4 is 10.6 Å². The highest BCUT2D eigenvalue weighted by Crippen LogP contribution is 2.24. The van der Waals surface area contributed by atoms with E-state index in [1.807, 2.05) is 32.0 Å². The van der Waals surface area contributed by atoms with Gasteiger partial charge in [-0.1, -0.05) is 41.0 Å². The van der Waals surface area contributed by atoms with E-state index in [0.717, 1.165) is 16.8 Å². The molecule has 10 heteroatoms. The number of hydrogen-bond acceptors (Lipinski definition) is 5. The quantitative estimate of drug-likeness (QED) is 0.455. The first kappa shape index (κ1) is 24.1. The Bertz CT molecular complexity index is 1140. The van der Waals surface area contributed by atoms with Crippen molar-refractivity contribution in [1.29, 1.82) is 0 Å². The first-order valence-corrected chi connectivity index (χ1v) is 11.5. The lowest BCUT2D eigenvalue weighted by molar-refractivity contribution is -0.113. The van der Waals surface area contributed by atoms with E-state index in [9.17, 15) is 9.59 Å². The van der Waals surface area contributed by atoms with Gasteiger partial charge in [0.1, 0.15) is 0 Å². The summed E-state index contributed by atoms with van der Waals surface area (Å²) in [6, 6.07) is 10.2. The molecule has 0 bridgehead atoms. The van der Waals surface area contributed by atoms with Gasteiger partial charge in [-0.15, -0.1) is 10.2 Å². The standard InChI is InChI=1S/C22H23Cl2N5O2S/c1-12-7-13(2)9-16(8-12)26-19(30)11-32-22-28-27-20(29(22)4)14(3)25-21(31)15-5-6-17(23)18(24)10-15/h5-10,14H,11H2,1-4H3,(H,25,31)(H,26,30)/t14-/m1/s1. The second-order valence-corrected chi connectivity index (χ2v) is 9.19. The topological polar surface area (TPSA) is 88.9 Å². The van der Waals surface area contributed by atoms with Gasteiger partial charge in [-0.2, -0.15) is 0 Å². The first-order chi connectivity index (χ1) is 15.1. The molecule has 0 aliphatic heterocycles. The highest BCUT2D eigenvalue weighted by Gasteiger charge is 2.19. The molecule has 1 atom stereocenters. The largest absolute Gasteiger partial charge is 0.342 e. The monoisotopic (exact) mass is 491 g/mol. The molecule has 0 aliphatic carbocycles. The van der Waals surface area contributed by atoms with Crippen molar-refractivity contribution in [2.24, 2.45) is 7.05 Å². The number of benzene rings is 2.